The first-order valence-corrected chi connectivity index (χ1v) is 18.0. The van der Waals surface area contributed by atoms with Crippen molar-refractivity contribution in [2.75, 3.05) is 0 Å². The van der Waals surface area contributed by atoms with E-state index in [2.05, 4.69) is 0 Å². The van der Waals surface area contributed by atoms with Crippen molar-refractivity contribution in [1.29, 1.82) is 0 Å². The Kier molecular flexibility index (Phi) is 7.11. The van der Waals surface area contributed by atoms with Gasteiger partial charge in [0.2, 0.25) is 0 Å². The lowest BCUT2D eigenvalue weighted by Gasteiger charge is -2.43. The van der Waals surface area contributed by atoms with E-state index in [0.717, 1.165) is 0 Å². The lowest BCUT2D eigenvalue weighted by Crippen LogP contribution is -2.30. The monoisotopic (exact) mass is 616 g/mol. The standard InChI is InChI=1S/C16H6F12P2S4/c17-13(18,19)7-3-1-4-8(14(20,21)22)11(7)29(31)33-30(32,34-29)12-9(15(23,24)25)5-2-6-10(12)16(26,27)28/h1-6H. The summed E-state index contributed by atoms with van der Waals surface area (Å²) in [5.41, 5.74) is -7.03. The molecular formula is C16H6F12P2S4. The van der Waals surface area contributed by atoms with Crippen molar-refractivity contribution in [2.45, 2.75) is 24.7 Å². The second kappa shape index (κ2) is 8.58. The largest absolute Gasteiger partial charge is 0.417 e. The molecule has 3 rings (SSSR count). The highest BCUT2D eigenvalue weighted by atomic mass is 33.7. The van der Waals surface area contributed by atoms with Gasteiger partial charge in [-0.15, -0.1) is 0 Å². The van der Waals surface area contributed by atoms with Crippen LogP contribution >= 0.6 is 30.9 Å². The maximum Gasteiger partial charge on any atom is 0.417 e. The van der Waals surface area contributed by atoms with Gasteiger partial charge in [-0.2, -0.15) is 52.7 Å². The van der Waals surface area contributed by atoms with Gasteiger partial charge in [0.15, 0.2) is 0 Å². The number of hydrogen-bond donors (Lipinski definition) is 0. The van der Waals surface area contributed by atoms with Gasteiger partial charge in [0, 0.05) is 10.6 Å². The van der Waals surface area contributed by atoms with E-state index >= 15 is 0 Å². The molecule has 0 amide bonds. The van der Waals surface area contributed by atoms with Crippen LogP contribution in [0.4, 0.5) is 52.7 Å². The quantitative estimate of drug-likeness (QED) is 0.244. The Labute approximate surface area is 200 Å². The van der Waals surface area contributed by atoms with E-state index < -0.39 is 66.5 Å². The molecule has 34 heavy (non-hydrogen) atoms. The van der Waals surface area contributed by atoms with Crippen LogP contribution in [0, 0.1) is 0 Å². The van der Waals surface area contributed by atoms with Crippen LogP contribution in [0.3, 0.4) is 0 Å². The van der Waals surface area contributed by atoms with Crippen molar-refractivity contribution in [3.05, 3.63) is 58.7 Å². The SMILES string of the molecule is FC(F)(F)c1cccc(C(F)(F)F)c1P1(=S)SP(=S)(c2c(C(F)(F)F)cccc2C(F)(F)F)S1. The molecule has 1 aliphatic heterocycles. The molecule has 0 nitrogen and oxygen atoms in total. The molecule has 1 aliphatic rings. The van der Waals surface area contributed by atoms with Crippen LogP contribution in [0.15, 0.2) is 36.4 Å². The fraction of sp³-hybridized carbons (Fsp3) is 0.250. The van der Waals surface area contributed by atoms with Gasteiger partial charge in [-0.25, -0.2) is 0 Å². The predicted molar refractivity (Wildman–Crippen MR) is 116 cm³/mol. The Morgan fingerprint density at radius 2 is 0.676 bits per heavy atom. The van der Waals surface area contributed by atoms with E-state index in [4.69, 9.17) is 23.6 Å². The van der Waals surface area contributed by atoms with E-state index in [9.17, 15) is 52.7 Å². The van der Waals surface area contributed by atoms with Crippen molar-refractivity contribution in [1.82, 2.24) is 0 Å². The molecule has 0 saturated carbocycles. The highest BCUT2D eigenvalue weighted by Gasteiger charge is 2.57. The second-order valence-corrected chi connectivity index (χ2v) is 27.7. The number of hydrogen-bond acceptors (Lipinski definition) is 4. The Balaban J connectivity index is 2.25. The topological polar surface area (TPSA) is 0 Å². The van der Waals surface area contributed by atoms with Gasteiger partial charge in [0.25, 0.3) is 0 Å². The molecule has 2 aromatic rings. The van der Waals surface area contributed by atoms with Gasteiger partial charge in [-0.1, -0.05) is 57.7 Å². The first-order chi connectivity index (χ1) is 15.1. The third-order valence-electron chi connectivity index (χ3n) is 4.27. The van der Waals surface area contributed by atoms with E-state index in [-0.39, 0.29) is 22.0 Å². The molecule has 0 unspecified atom stereocenters. The third kappa shape index (κ3) is 5.18. The van der Waals surface area contributed by atoms with Crippen LogP contribution in [-0.4, -0.2) is 0 Å². The predicted octanol–water partition coefficient (Wildman–Crippen LogP) is 8.81. The van der Waals surface area contributed by atoms with Crippen molar-refractivity contribution in [2.24, 2.45) is 0 Å². The third-order valence-corrected chi connectivity index (χ3v) is 35.2. The van der Waals surface area contributed by atoms with Gasteiger partial charge >= 0.3 is 24.7 Å². The Morgan fingerprint density at radius 1 is 0.471 bits per heavy atom. The number of benzene rings is 2. The maximum absolute atomic E-state index is 13.5. The molecule has 0 atom stereocenters. The molecule has 1 heterocycles. The fourth-order valence-corrected chi connectivity index (χ4v) is 47.0. The van der Waals surface area contributed by atoms with Gasteiger partial charge in [0.1, 0.15) is 0 Å². The molecule has 0 bridgehead atoms. The Hall–Kier alpha value is -0.400. The zero-order valence-electron chi connectivity index (χ0n) is 15.5. The molecule has 0 spiro atoms. The molecule has 0 aromatic heterocycles. The van der Waals surface area contributed by atoms with Crippen molar-refractivity contribution >= 4 is 65.1 Å². The minimum absolute atomic E-state index is 0.0204. The van der Waals surface area contributed by atoms with Gasteiger partial charge in [-0.05, 0) is 24.3 Å². The minimum Gasteiger partial charge on any atom is -0.166 e. The summed E-state index contributed by atoms with van der Waals surface area (Å²) in [6, 6.07) is 2.28. The van der Waals surface area contributed by atoms with Crippen molar-refractivity contribution in [3.8, 4) is 0 Å². The van der Waals surface area contributed by atoms with Gasteiger partial charge in [0.05, 0.1) is 31.1 Å². The second-order valence-electron chi connectivity index (χ2n) is 6.55. The van der Waals surface area contributed by atoms with Gasteiger partial charge < -0.3 is 0 Å². The fourth-order valence-electron chi connectivity index (χ4n) is 3.04. The first-order valence-electron chi connectivity index (χ1n) is 8.30. The Bertz CT molecular complexity index is 1050. The van der Waals surface area contributed by atoms with Crippen LogP contribution in [0.5, 0.6) is 0 Å². The summed E-state index contributed by atoms with van der Waals surface area (Å²) in [6.45, 7) is 0. The molecule has 2 aromatic carbocycles. The highest BCUT2D eigenvalue weighted by molar-refractivity contribution is 9.48. The molecule has 1 fully saturated rings. The average molecular weight is 616 g/mol. The molecule has 188 valence electrons. The molecule has 18 heteroatoms. The average Bonchev–Trinajstić information content (AvgIpc) is 2.62. The Morgan fingerprint density at radius 3 is 0.853 bits per heavy atom. The normalized spacial score (nSPS) is 24.1. The lowest BCUT2D eigenvalue weighted by molar-refractivity contribution is -0.142. The minimum atomic E-state index is -5.32. The van der Waals surface area contributed by atoms with Crippen LogP contribution in [0.1, 0.15) is 22.3 Å². The maximum atomic E-state index is 13.5. The summed E-state index contributed by atoms with van der Waals surface area (Å²) in [6.07, 6.45) is -21.3. The van der Waals surface area contributed by atoms with E-state index in [1.165, 1.54) is 0 Å². The van der Waals surface area contributed by atoms with Crippen LogP contribution in [0.25, 0.3) is 0 Å². The molecule has 0 radical (unpaired) electrons. The molecule has 0 N–H and O–H groups in total. The van der Waals surface area contributed by atoms with E-state index in [1.54, 1.807) is 0 Å². The van der Waals surface area contributed by atoms with E-state index in [1.807, 2.05) is 0 Å². The lowest BCUT2D eigenvalue weighted by atomic mass is 10.1. The van der Waals surface area contributed by atoms with Crippen LogP contribution < -0.4 is 10.6 Å². The molecular weight excluding hydrogens is 610 g/mol. The summed E-state index contributed by atoms with van der Waals surface area (Å²) < 4.78 is 154. The summed E-state index contributed by atoms with van der Waals surface area (Å²) in [4.78, 5) is 0. The van der Waals surface area contributed by atoms with Crippen molar-refractivity contribution in [3.63, 3.8) is 0 Å². The molecule has 0 aliphatic carbocycles. The van der Waals surface area contributed by atoms with Crippen LogP contribution in [-0.2, 0) is 48.3 Å². The molecule has 1 saturated heterocycles. The number of rotatable bonds is 2. The highest BCUT2D eigenvalue weighted by Crippen LogP contribution is 3.04. The number of halogens is 12. The summed E-state index contributed by atoms with van der Waals surface area (Å²) >= 11 is 10.2. The van der Waals surface area contributed by atoms with Crippen LogP contribution in [0.2, 0.25) is 0 Å². The first kappa shape index (κ1) is 28.2. The summed E-state index contributed by atoms with van der Waals surface area (Å²) in [5, 5.41) is -2.75. The zero-order chi connectivity index (χ0) is 26.1. The number of alkyl halides is 12. The zero-order valence-corrected chi connectivity index (χ0v) is 20.6. The van der Waals surface area contributed by atoms with E-state index in [0.29, 0.717) is 36.4 Å². The summed E-state index contributed by atoms with van der Waals surface area (Å²) in [7, 11) is 0. The summed E-state index contributed by atoms with van der Waals surface area (Å²) in [5.74, 6) is 0. The van der Waals surface area contributed by atoms with Crippen molar-refractivity contribution < 1.29 is 52.7 Å². The van der Waals surface area contributed by atoms with Gasteiger partial charge in [-0.3, -0.25) is 0 Å². The smallest absolute Gasteiger partial charge is 0.166 e.